The number of carbonyl (C=O) groups excluding carboxylic acids is 1. The van der Waals surface area contributed by atoms with Crippen molar-refractivity contribution in [1.29, 1.82) is 0 Å². The lowest BCUT2D eigenvalue weighted by Gasteiger charge is -2.29. The smallest absolute Gasteiger partial charge is 0.338 e. The molecule has 0 saturated heterocycles. The molecule has 1 unspecified atom stereocenters. The van der Waals surface area contributed by atoms with E-state index in [1.807, 2.05) is 31.2 Å². The van der Waals surface area contributed by atoms with Crippen molar-refractivity contribution < 1.29 is 23.4 Å². The number of ether oxygens (including phenoxy) is 3. The third-order valence-electron chi connectivity index (χ3n) is 6.77. The molecule has 3 aromatic carbocycles. The zero-order chi connectivity index (χ0) is 32.1. The number of aromatic nitrogens is 3. The minimum atomic E-state index is -0.744. The number of hydrogen-bond donors (Lipinski definition) is 1. The number of carbonyl (C=O) groups is 1. The average Bonchev–Trinajstić information content (AvgIpc) is 3.41. The van der Waals surface area contributed by atoms with Gasteiger partial charge in [0.1, 0.15) is 25.1 Å². The highest BCUT2D eigenvalue weighted by molar-refractivity contribution is 9.10. The van der Waals surface area contributed by atoms with E-state index in [0.717, 1.165) is 5.56 Å². The summed E-state index contributed by atoms with van der Waals surface area (Å²) in [6.45, 7) is 7.49. The SMILES string of the molecule is C=CCOC(=O)C1=C(C)Nc2nc(SCc3ccccc3Cl)nn2C1c1cc(Br)c(OCc2c(F)cccc2Cl)c(OCC)c1. The molecule has 0 bridgehead atoms. The molecule has 8 nitrogen and oxygen atoms in total. The molecule has 1 aliphatic rings. The molecule has 0 amide bonds. The van der Waals surface area contributed by atoms with Crippen LogP contribution >= 0.6 is 50.9 Å². The van der Waals surface area contributed by atoms with Gasteiger partial charge in [-0.15, -0.1) is 5.10 Å². The molecule has 0 fully saturated rings. The van der Waals surface area contributed by atoms with Gasteiger partial charge in [-0.3, -0.25) is 0 Å². The van der Waals surface area contributed by atoms with E-state index < -0.39 is 17.8 Å². The maximum absolute atomic E-state index is 14.5. The Morgan fingerprint density at radius 3 is 2.69 bits per heavy atom. The maximum atomic E-state index is 14.5. The van der Waals surface area contributed by atoms with Crippen molar-refractivity contribution in [2.75, 3.05) is 18.5 Å². The fraction of sp³-hybridized carbons (Fsp3) is 0.219. The molecule has 5 rings (SSSR count). The number of fused-ring (bicyclic) bond motifs is 1. The van der Waals surface area contributed by atoms with Gasteiger partial charge in [-0.2, -0.15) is 4.98 Å². The predicted octanol–water partition coefficient (Wildman–Crippen LogP) is 8.77. The van der Waals surface area contributed by atoms with Gasteiger partial charge in [-0.1, -0.05) is 71.9 Å². The number of nitrogens with one attached hydrogen (secondary N) is 1. The van der Waals surface area contributed by atoms with Crippen molar-refractivity contribution >= 4 is 62.8 Å². The monoisotopic (exact) mass is 732 g/mol. The zero-order valence-electron chi connectivity index (χ0n) is 24.3. The van der Waals surface area contributed by atoms with E-state index in [1.54, 1.807) is 29.8 Å². The van der Waals surface area contributed by atoms with Crippen LogP contribution in [-0.4, -0.2) is 33.9 Å². The highest BCUT2D eigenvalue weighted by atomic mass is 79.9. The van der Waals surface area contributed by atoms with Crippen LogP contribution in [0.4, 0.5) is 10.3 Å². The minimum Gasteiger partial charge on any atom is -0.490 e. The van der Waals surface area contributed by atoms with E-state index in [1.165, 1.54) is 30.0 Å². The van der Waals surface area contributed by atoms with Crippen molar-refractivity contribution in [3.63, 3.8) is 0 Å². The second-order valence-electron chi connectivity index (χ2n) is 9.75. The number of benzene rings is 3. The van der Waals surface area contributed by atoms with Gasteiger partial charge >= 0.3 is 5.97 Å². The molecule has 4 aromatic rings. The summed E-state index contributed by atoms with van der Waals surface area (Å²) in [5.74, 6) is 0.697. The molecule has 45 heavy (non-hydrogen) atoms. The second-order valence-corrected chi connectivity index (χ2v) is 12.4. The standard InChI is InChI=1S/C32H28BrCl2FN4O4S/c1-4-13-43-30(41)27-18(3)37-31-38-32(45-17-19-9-6-7-10-23(19)34)39-40(31)28(27)20-14-22(33)29(26(15-20)42-5-2)44-16-21-24(35)11-8-12-25(21)36/h4,6-12,14-15,28H,1,5,13,16-17H2,2-3H3,(H,37,38,39). The third-order valence-corrected chi connectivity index (χ3v) is 8.97. The molecule has 0 aliphatic carbocycles. The maximum Gasteiger partial charge on any atom is 0.338 e. The van der Waals surface area contributed by atoms with Crippen molar-refractivity contribution in [2.24, 2.45) is 0 Å². The first-order valence-electron chi connectivity index (χ1n) is 13.8. The summed E-state index contributed by atoms with van der Waals surface area (Å²) in [7, 11) is 0. The van der Waals surface area contributed by atoms with E-state index in [0.29, 0.717) is 61.3 Å². The van der Waals surface area contributed by atoms with E-state index >= 15 is 0 Å². The highest BCUT2D eigenvalue weighted by Gasteiger charge is 2.36. The fourth-order valence-corrected chi connectivity index (χ4v) is 6.61. The number of anilines is 1. The topological polar surface area (TPSA) is 87.5 Å². The van der Waals surface area contributed by atoms with Gasteiger partial charge in [0.05, 0.1) is 21.7 Å². The minimum absolute atomic E-state index is 0.0325. The molecular weight excluding hydrogens is 706 g/mol. The Hall–Kier alpha value is -3.51. The lowest BCUT2D eigenvalue weighted by atomic mass is 9.95. The van der Waals surface area contributed by atoms with Crippen molar-refractivity contribution in [3.8, 4) is 11.5 Å². The molecule has 2 heterocycles. The summed E-state index contributed by atoms with van der Waals surface area (Å²) in [5, 5.41) is 9.37. The van der Waals surface area contributed by atoms with E-state index in [4.69, 9.17) is 47.5 Å². The molecule has 0 radical (unpaired) electrons. The first kappa shape index (κ1) is 32.9. The molecule has 234 valence electrons. The Labute approximate surface area is 282 Å². The number of hydrogen-bond acceptors (Lipinski definition) is 8. The summed E-state index contributed by atoms with van der Waals surface area (Å²) >= 11 is 17.6. The van der Waals surface area contributed by atoms with Gasteiger partial charge in [0, 0.05) is 22.0 Å². The fourth-order valence-electron chi connectivity index (χ4n) is 4.70. The summed E-state index contributed by atoms with van der Waals surface area (Å²) < 4.78 is 34.1. The largest absolute Gasteiger partial charge is 0.490 e. The number of nitrogens with zero attached hydrogens (tertiary/aromatic N) is 3. The highest BCUT2D eigenvalue weighted by Crippen LogP contribution is 2.44. The molecule has 1 atom stereocenters. The Kier molecular flexibility index (Phi) is 10.8. The average molecular weight is 734 g/mol. The van der Waals surface area contributed by atoms with Gasteiger partial charge in [0.15, 0.2) is 11.5 Å². The van der Waals surface area contributed by atoms with Crippen LogP contribution < -0.4 is 14.8 Å². The molecule has 1 aliphatic heterocycles. The Balaban J connectivity index is 1.54. The Bertz CT molecular complexity index is 1760. The van der Waals surface area contributed by atoms with E-state index in [-0.39, 0.29) is 23.8 Å². The zero-order valence-corrected chi connectivity index (χ0v) is 28.2. The van der Waals surface area contributed by atoms with Gasteiger partial charge in [-0.25, -0.2) is 13.9 Å². The Morgan fingerprint density at radius 2 is 1.96 bits per heavy atom. The lowest BCUT2D eigenvalue weighted by molar-refractivity contribution is -0.138. The normalized spacial score (nSPS) is 14.0. The van der Waals surface area contributed by atoms with Crippen LogP contribution in [0.3, 0.4) is 0 Å². The summed E-state index contributed by atoms with van der Waals surface area (Å²) in [6, 6.07) is 14.8. The van der Waals surface area contributed by atoms with Crippen LogP contribution in [0, 0.1) is 5.82 Å². The van der Waals surface area contributed by atoms with Crippen LogP contribution in [-0.2, 0) is 21.9 Å². The van der Waals surface area contributed by atoms with Crippen molar-refractivity contribution in [1.82, 2.24) is 14.8 Å². The summed E-state index contributed by atoms with van der Waals surface area (Å²) in [6.07, 6.45) is 1.50. The molecule has 0 spiro atoms. The number of rotatable bonds is 12. The Morgan fingerprint density at radius 1 is 1.18 bits per heavy atom. The van der Waals surface area contributed by atoms with Crippen molar-refractivity contribution in [2.45, 2.75) is 37.4 Å². The quantitative estimate of drug-likeness (QED) is 0.0879. The van der Waals surface area contributed by atoms with Gasteiger partial charge in [0.2, 0.25) is 11.1 Å². The molecular formula is C32H28BrCl2FN4O4S. The van der Waals surface area contributed by atoms with Crippen LogP contribution in [0.1, 0.15) is 36.6 Å². The van der Waals surface area contributed by atoms with Crippen LogP contribution in [0.5, 0.6) is 11.5 Å². The first-order valence-corrected chi connectivity index (χ1v) is 16.4. The molecule has 1 N–H and O–H groups in total. The van der Waals surface area contributed by atoms with Crippen LogP contribution in [0.2, 0.25) is 10.0 Å². The van der Waals surface area contributed by atoms with Gasteiger partial charge < -0.3 is 19.5 Å². The van der Waals surface area contributed by atoms with Crippen molar-refractivity contribution in [3.05, 3.63) is 116 Å². The van der Waals surface area contributed by atoms with E-state index in [2.05, 4.69) is 27.8 Å². The molecule has 13 heteroatoms. The van der Waals surface area contributed by atoms with Gasteiger partial charge in [-0.05, 0) is 71.2 Å². The number of thioether (sulfide) groups is 1. The van der Waals surface area contributed by atoms with Crippen LogP contribution in [0.25, 0.3) is 0 Å². The van der Waals surface area contributed by atoms with Crippen LogP contribution in [0.15, 0.2) is 88.2 Å². The number of halogens is 4. The second kappa shape index (κ2) is 14.7. The first-order chi connectivity index (χ1) is 21.7. The van der Waals surface area contributed by atoms with E-state index in [9.17, 15) is 9.18 Å². The lowest BCUT2D eigenvalue weighted by Crippen LogP contribution is -2.29. The predicted molar refractivity (Wildman–Crippen MR) is 178 cm³/mol. The number of esters is 1. The molecule has 1 aromatic heterocycles. The number of allylic oxidation sites excluding steroid dienone is 1. The summed E-state index contributed by atoms with van der Waals surface area (Å²) in [4.78, 5) is 18.1. The summed E-state index contributed by atoms with van der Waals surface area (Å²) in [5.41, 5.74) is 2.69. The molecule has 0 saturated carbocycles. The van der Waals surface area contributed by atoms with Gasteiger partial charge in [0.25, 0.3) is 0 Å². The third kappa shape index (κ3) is 7.33.